The van der Waals surface area contributed by atoms with E-state index in [1.165, 1.54) is 0 Å². The fraction of sp³-hybridized carbons (Fsp3) is 0.333. The van der Waals surface area contributed by atoms with E-state index in [2.05, 4.69) is 16.2 Å². The quantitative estimate of drug-likeness (QED) is 0.762. The van der Waals surface area contributed by atoms with Crippen LogP contribution in [0.3, 0.4) is 0 Å². The number of carbonyl (C=O) groups excluding carboxylic acids is 1. The van der Waals surface area contributed by atoms with Crippen LogP contribution in [-0.2, 0) is 4.79 Å². The monoisotopic (exact) mass is 202 g/mol. The van der Waals surface area contributed by atoms with Gasteiger partial charge in [0, 0.05) is 12.6 Å². The van der Waals surface area contributed by atoms with Crippen LogP contribution in [0.4, 0.5) is 5.82 Å². The largest absolute Gasteiger partial charge is 0.310 e. The minimum atomic E-state index is -0.0554. The van der Waals surface area contributed by atoms with Gasteiger partial charge in [-0.3, -0.25) is 4.79 Å². The number of terminal acetylenes is 1. The summed E-state index contributed by atoms with van der Waals surface area (Å²) in [6, 6.07) is 3.49. The summed E-state index contributed by atoms with van der Waals surface area (Å²) in [6.07, 6.45) is 7.36. The molecule has 0 aliphatic rings. The third-order valence-electron chi connectivity index (χ3n) is 1.81. The molecule has 15 heavy (non-hydrogen) atoms. The van der Waals surface area contributed by atoms with Crippen LogP contribution in [0.1, 0.15) is 25.8 Å². The lowest BCUT2D eigenvalue weighted by Gasteiger charge is -2.07. The minimum absolute atomic E-state index is 0.0554. The summed E-state index contributed by atoms with van der Waals surface area (Å²) in [4.78, 5) is 15.5. The topological polar surface area (TPSA) is 42.0 Å². The molecule has 1 rings (SSSR count). The summed E-state index contributed by atoms with van der Waals surface area (Å²) < 4.78 is 0. The van der Waals surface area contributed by atoms with E-state index < -0.39 is 0 Å². The molecule has 0 bridgehead atoms. The van der Waals surface area contributed by atoms with Gasteiger partial charge in [-0.25, -0.2) is 4.98 Å². The molecule has 1 N–H and O–H groups in total. The van der Waals surface area contributed by atoms with Crippen LogP contribution in [-0.4, -0.2) is 10.9 Å². The van der Waals surface area contributed by atoms with Gasteiger partial charge in [-0.2, -0.15) is 0 Å². The van der Waals surface area contributed by atoms with Gasteiger partial charge in [0.25, 0.3) is 0 Å². The normalized spacial score (nSPS) is 9.73. The van der Waals surface area contributed by atoms with Crippen molar-refractivity contribution in [3.63, 3.8) is 0 Å². The van der Waals surface area contributed by atoms with E-state index in [0.29, 0.717) is 23.7 Å². The van der Waals surface area contributed by atoms with Gasteiger partial charge in [0.05, 0.1) is 5.56 Å². The lowest BCUT2D eigenvalue weighted by atomic mass is 10.1. The number of pyridine rings is 1. The third-order valence-corrected chi connectivity index (χ3v) is 1.81. The second-order valence-electron chi connectivity index (χ2n) is 3.69. The Hall–Kier alpha value is -1.82. The minimum Gasteiger partial charge on any atom is -0.310 e. The molecule has 1 heterocycles. The van der Waals surface area contributed by atoms with E-state index >= 15 is 0 Å². The van der Waals surface area contributed by atoms with Crippen LogP contribution in [0.5, 0.6) is 0 Å². The van der Waals surface area contributed by atoms with Crippen molar-refractivity contribution >= 4 is 11.7 Å². The predicted molar refractivity (Wildman–Crippen MR) is 60.3 cm³/mol. The first-order chi connectivity index (χ1) is 7.13. The lowest BCUT2D eigenvalue weighted by Crippen LogP contribution is -2.15. The second kappa shape index (κ2) is 5.16. The highest BCUT2D eigenvalue weighted by atomic mass is 16.1. The number of anilines is 1. The Morgan fingerprint density at radius 1 is 1.67 bits per heavy atom. The summed E-state index contributed by atoms with van der Waals surface area (Å²) >= 11 is 0. The summed E-state index contributed by atoms with van der Waals surface area (Å²) in [7, 11) is 0. The zero-order chi connectivity index (χ0) is 11.3. The molecular weight excluding hydrogens is 188 g/mol. The highest BCUT2D eigenvalue weighted by molar-refractivity contribution is 5.91. The first-order valence-corrected chi connectivity index (χ1v) is 4.85. The molecule has 3 nitrogen and oxygen atoms in total. The predicted octanol–water partition coefficient (Wildman–Crippen LogP) is 2.05. The molecule has 1 aromatic rings. The summed E-state index contributed by atoms with van der Waals surface area (Å²) in [6.45, 7) is 3.97. The number of nitrogens with zero attached hydrogens (tertiary/aromatic N) is 1. The fourth-order valence-electron chi connectivity index (χ4n) is 1.18. The van der Waals surface area contributed by atoms with E-state index in [1.54, 1.807) is 18.3 Å². The van der Waals surface area contributed by atoms with Crippen molar-refractivity contribution in [3.8, 4) is 12.3 Å². The van der Waals surface area contributed by atoms with Gasteiger partial charge in [0.2, 0.25) is 5.91 Å². The molecule has 1 aromatic heterocycles. The average molecular weight is 202 g/mol. The molecule has 0 spiro atoms. The SMILES string of the molecule is C#Cc1cccnc1NC(=O)CC(C)C. The maximum Gasteiger partial charge on any atom is 0.225 e. The Balaban J connectivity index is 2.73. The first kappa shape index (κ1) is 11.3. The zero-order valence-electron chi connectivity index (χ0n) is 8.95. The van der Waals surface area contributed by atoms with Crippen molar-refractivity contribution in [1.29, 1.82) is 0 Å². The number of hydrogen-bond donors (Lipinski definition) is 1. The molecule has 78 valence electrons. The molecule has 0 radical (unpaired) electrons. The Morgan fingerprint density at radius 3 is 3.00 bits per heavy atom. The average Bonchev–Trinajstić information content (AvgIpc) is 2.17. The van der Waals surface area contributed by atoms with Gasteiger partial charge < -0.3 is 5.32 Å². The number of carbonyl (C=O) groups is 1. The highest BCUT2D eigenvalue weighted by Crippen LogP contribution is 2.11. The molecule has 3 heteroatoms. The van der Waals surface area contributed by atoms with Crippen molar-refractivity contribution in [3.05, 3.63) is 23.9 Å². The molecule has 0 aromatic carbocycles. The highest BCUT2D eigenvalue weighted by Gasteiger charge is 2.07. The van der Waals surface area contributed by atoms with Gasteiger partial charge in [-0.05, 0) is 18.1 Å². The van der Waals surface area contributed by atoms with Gasteiger partial charge in [-0.15, -0.1) is 6.42 Å². The number of amides is 1. The van der Waals surface area contributed by atoms with Crippen molar-refractivity contribution in [2.24, 2.45) is 5.92 Å². The third kappa shape index (κ3) is 3.43. The van der Waals surface area contributed by atoms with E-state index in [9.17, 15) is 4.79 Å². The maximum absolute atomic E-state index is 11.5. The van der Waals surface area contributed by atoms with Crippen molar-refractivity contribution in [2.75, 3.05) is 5.32 Å². The van der Waals surface area contributed by atoms with Gasteiger partial charge >= 0.3 is 0 Å². The fourth-order valence-corrected chi connectivity index (χ4v) is 1.18. The maximum atomic E-state index is 11.5. The van der Waals surface area contributed by atoms with E-state index in [-0.39, 0.29) is 5.91 Å². The molecular formula is C12H14N2O. The van der Waals surface area contributed by atoms with Gasteiger partial charge in [0.1, 0.15) is 5.82 Å². The molecule has 0 unspecified atom stereocenters. The smallest absolute Gasteiger partial charge is 0.225 e. The number of rotatable bonds is 3. The van der Waals surface area contributed by atoms with Crippen molar-refractivity contribution in [2.45, 2.75) is 20.3 Å². The molecule has 0 atom stereocenters. The molecule has 0 fully saturated rings. The standard InChI is InChI=1S/C12H14N2O/c1-4-10-6-5-7-13-12(10)14-11(15)8-9(2)3/h1,5-7,9H,8H2,2-3H3,(H,13,14,15). The molecule has 1 amide bonds. The van der Waals surface area contributed by atoms with Crippen LogP contribution < -0.4 is 5.32 Å². The Labute approximate surface area is 89.9 Å². The van der Waals surface area contributed by atoms with Crippen LogP contribution >= 0.6 is 0 Å². The van der Waals surface area contributed by atoms with Gasteiger partial charge in [-0.1, -0.05) is 19.8 Å². The number of aromatic nitrogens is 1. The number of hydrogen-bond acceptors (Lipinski definition) is 2. The van der Waals surface area contributed by atoms with Gasteiger partial charge in [0.15, 0.2) is 0 Å². The molecule has 0 aliphatic heterocycles. The zero-order valence-corrected chi connectivity index (χ0v) is 8.95. The van der Waals surface area contributed by atoms with Crippen LogP contribution in [0.15, 0.2) is 18.3 Å². The molecule has 0 saturated heterocycles. The van der Waals surface area contributed by atoms with E-state index in [1.807, 2.05) is 13.8 Å². The summed E-state index contributed by atoms with van der Waals surface area (Å²) in [5, 5.41) is 2.70. The van der Waals surface area contributed by atoms with Crippen LogP contribution in [0.25, 0.3) is 0 Å². The van der Waals surface area contributed by atoms with E-state index in [0.717, 1.165) is 0 Å². The molecule has 0 saturated carbocycles. The van der Waals surface area contributed by atoms with Crippen LogP contribution in [0.2, 0.25) is 0 Å². The van der Waals surface area contributed by atoms with Crippen LogP contribution in [0, 0.1) is 18.3 Å². The van der Waals surface area contributed by atoms with Crippen molar-refractivity contribution in [1.82, 2.24) is 4.98 Å². The molecule has 0 aliphatic carbocycles. The Kier molecular flexibility index (Phi) is 3.87. The Bertz CT molecular complexity index is 391. The lowest BCUT2D eigenvalue weighted by molar-refractivity contribution is -0.116. The Morgan fingerprint density at radius 2 is 2.40 bits per heavy atom. The first-order valence-electron chi connectivity index (χ1n) is 4.85. The van der Waals surface area contributed by atoms with Crippen molar-refractivity contribution < 1.29 is 4.79 Å². The van der Waals surface area contributed by atoms with E-state index in [4.69, 9.17) is 6.42 Å². The summed E-state index contributed by atoms with van der Waals surface area (Å²) in [5.74, 6) is 3.21. The second-order valence-corrected chi connectivity index (χ2v) is 3.69. The summed E-state index contributed by atoms with van der Waals surface area (Å²) in [5.41, 5.74) is 0.606. The number of nitrogens with one attached hydrogen (secondary N) is 1.